The first-order valence-electron chi connectivity index (χ1n) is 8.93. The van der Waals surface area contributed by atoms with Gasteiger partial charge in [0.1, 0.15) is 18.2 Å². The molecule has 0 spiro atoms. The highest BCUT2D eigenvalue weighted by atomic mass is 35.5. The van der Waals surface area contributed by atoms with Crippen molar-refractivity contribution in [2.24, 2.45) is 0 Å². The standard InChI is InChI=1S/C22H20ClFN2O2S/c1-15-25-17(14-29-15)13-28-21-9-4-3-6-16(21)10-11-22(27)26(2)12-18-19(23)7-5-8-20(18)24/h3-11,14H,12-13H2,1-2H3/b11-10+. The van der Waals surface area contributed by atoms with Gasteiger partial charge in [0, 0.05) is 41.2 Å². The zero-order valence-corrected chi connectivity index (χ0v) is 17.6. The number of benzene rings is 2. The van der Waals surface area contributed by atoms with Crippen molar-refractivity contribution in [1.29, 1.82) is 0 Å². The van der Waals surface area contributed by atoms with Crippen molar-refractivity contribution in [3.8, 4) is 5.75 Å². The van der Waals surface area contributed by atoms with Crippen LogP contribution in [-0.4, -0.2) is 22.8 Å². The number of hydrogen-bond donors (Lipinski definition) is 0. The number of thiazole rings is 1. The molecule has 0 aliphatic heterocycles. The van der Waals surface area contributed by atoms with Crippen LogP contribution in [0.2, 0.25) is 5.02 Å². The number of halogens is 2. The molecule has 0 saturated heterocycles. The van der Waals surface area contributed by atoms with Crippen LogP contribution in [0.3, 0.4) is 0 Å². The summed E-state index contributed by atoms with van der Waals surface area (Å²) in [5.74, 6) is -0.0478. The molecular formula is C22H20ClFN2O2S. The van der Waals surface area contributed by atoms with Crippen LogP contribution in [-0.2, 0) is 17.9 Å². The lowest BCUT2D eigenvalue weighted by molar-refractivity contribution is -0.125. The second kappa shape index (κ2) is 9.67. The molecule has 0 saturated carbocycles. The molecule has 29 heavy (non-hydrogen) atoms. The molecule has 0 aliphatic rings. The maximum absolute atomic E-state index is 13.9. The average Bonchev–Trinajstić information content (AvgIpc) is 3.13. The summed E-state index contributed by atoms with van der Waals surface area (Å²) < 4.78 is 19.8. The van der Waals surface area contributed by atoms with Crippen LogP contribution < -0.4 is 4.74 Å². The molecule has 0 radical (unpaired) electrons. The smallest absolute Gasteiger partial charge is 0.246 e. The monoisotopic (exact) mass is 430 g/mol. The van der Waals surface area contributed by atoms with Gasteiger partial charge in [0.15, 0.2) is 0 Å². The number of para-hydroxylation sites is 1. The third-order valence-electron chi connectivity index (χ3n) is 4.20. The van der Waals surface area contributed by atoms with Crippen molar-refractivity contribution < 1.29 is 13.9 Å². The summed E-state index contributed by atoms with van der Waals surface area (Å²) in [6, 6.07) is 11.9. The molecule has 2 aromatic carbocycles. The third kappa shape index (κ3) is 5.65. The number of nitrogens with zero attached hydrogens (tertiary/aromatic N) is 2. The fourth-order valence-electron chi connectivity index (χ4n) is 2.66. The Balaban J connectivity index is 1.66. The van der Waals surface area contributed by atoms with Crippen LogP contribution in [0, 0.1) is 12.7 Å². The van der Waals surface area contributed by atoms with Gasteiger partial charge in [0.25, 0.3) is 0 Å². The molecule has 7 heteroatoms. The maximum atomic E-state index is 13.9. The van der Waals surface area contributed by atoms with Gasteiger partial charge >= 0.3 is 0 Å². The highest BCUT2D eigenvalue weighted by Gasteiger charge is 2.13. The van der Waals surface area contributed by atoms with Crippen LogP contribution >= 0.6 is 22.9 Å². The molecule has 0 bridgehead atoms. The molecule has 0 N–H and O–H groups in total. The van der Waals surface area contributed by atoms with Crippen LogP contribution in [0.1, 0.15) is 21.8 Å². The lowest BCUT2D eigenvalue weighted by Crippen LogP contribution is -2.24. The van der Waals surface area contributed by atoms with Gasteiger partial charge in [-0.05, 0) is 31.2 Å². The topological polar surface area (TPSA) is 42.4 Å². The molecule has 0 aliphatic carbocycles. The van der Waals surface area contributed by atoms with Gasteiger partial charge in [-0.3, -0.25) is 4.79 Å². The molecule has 150 valence electrons. The predicted octanol–water partition coefficient (Wildman–Crippen LogP) is 5.49. The second-order valence-electron chi connectivity index (χ2n) is 6.41. The lowest BCUT2D eigenvalue weighted by atomic mass is 10.1. The Kier molecular flexibility index (Phi) is 7.01. The van der Waals surface area contributed by atoms with Gasteiger partial charge in [0.05, 0.1) is 10.7 Å². The van der Waals surface area contributed by atoms with Crippen molar-refractivity contribution >= 4 is 34.9 Å². The number of carbonyl (C=O) groups is 1. The zero-order valence-electron chi connectivity index (χ0n) is 16.1. The summed E-state index contributed by atoms with van der Waals surface area (Å²) in [6.45, 7) is 2.38. The molecule has 0 atom stereocenters. The Morgan fingerprint density at radius 3 is 2.79 bits per heavy atom. The zero-order chi connectivity index (χ0) is 20.8. The van der Waals surface area contributed by atoms with Crippen LogP contribution in [0.25, 0.3) is 6.08 Å². The molecule has 4 nitrogen and oxygen atoms in total. The maximum Gasteiger partial charge on any atom is 0.246 e. The Labute approximate surface area is 178 Å². The van der Waals surface area contributed by atoms with Crippen molar-refractivity contribution in [1.82, 2.24) is 9.88 Å². The van der Waals surface area contributed by atoms with Gasteiger partial charge in [0.2, 0.25) is 5.91 Å². The predicted molar refractivity (Wildman–Crippen MR) is 115 cm³/mol. The molecular weight excluding hydrogens is 411 g/mol. The van der Waals surface area contributed by atoms with E-state index in [-0.39, 0.29) is 12.5 Å². The van der Waals surface area contributed by atoms with E-state index >= 15 is 0 Å². The summed E-state index contributed by atoms with van der Waals surface area (Å²) in [6.07, 6.45) is 3.12. The Bertz CT molecular complexity index is 1010. The summed E-state index contributed by atoms with van der Waals surface area (Å²) in [5.41, 5.74) is 1.93. The molecule has 3 aromatic rings. The number of rotatable bonds is 7. The van der Waals surface area contributed by atoms with E-state index in [9.17, 15) is 9.18 Å². The lowest BCUT2D eigenvalue weighted by Gasteiger charge is -2.16. The Morgan fingerprint density at radius 1 is 1.28 bits per heavy atom. The van der Waals surface area contributed by atoms with Crippen molar-refractivity contribution in [2.45, 2.75) is 20.1 Å². The fraction of sp³-hybridized carbons (Fsp3) is 0.182. The first kappa shape index (κ1) is 21.0. The SMILES string of the molecule is Cc1nc(COc2ccccc2/C=C/C(=O)N(C)Cc2c(F)cccc2Cl)cs1. The Morgan fingerprint density at radius 2 is 2.07 bits per heavy atom. The van der Waals surface area contributed by atoms with Gasteiger partial charge in [-0.2, -0.15) is 0 Å². The molecule has 1 amide bonds. The van der Waals surface area contributed by atoms with Crippen molar-refractivity contribution in [2.75, 3.05) is 7.05 Å². The number of aromatic nitrogens is 1. The van der Waals surface area contributed by atoms with E-state index in [0.29, 0.717) is 22.9 Å². The largest absolute Gasteiger partial charge is 0.487 e. The van der Waals surface area contributed by atoms with E-state index in [0.717, 1.165) is 16.3 Å². The number of ether oxygens (including phenoxy) is 1. The van der Waals surface area contributed by atoms with Gasteiger partial charge in [-0.15, -0.1) is 11.3 Å². The Hall–Kier alpha value is -2.70. The number of carbonyl (C=O) groups excluding carboxylic acids is 1. The molecule has 1 heterocycles. The fourth-order valence-corrected chi connectivity index (χ4v) is 3.48. The van der Waals surface area contributed by atoms with Crippen molar-refractivity contribution in [3.63, 3.8) is 0 Å². The highest BCUT2D eigenvalue weighted by molar-refractivity contribution is 7.09. The second-order valence-corrected chi connectivity index (χ2v) is 7.88. The third-order valence-corrected chi connectivity index (χ3v) is 5.38. The minimum atomic E-state index is -0.433. The first-order chi connectivity index (χ1) is 13.9. The van der Waals surface area contributed by atoms with Gasteiger partial charge < -0.3 is 9.64 Å². The minimum absolute atomic E-state index is 0.0794. The summed E-state index contributed by atoms with van der Waals surface area (Å²) in [5, 5.41) is 3.24. The molecule has 0 unspecified atom stereocenters. The van der Waals surface area contributed by atoms with Crippen LogP contribution in [0.15, 0.2) is 53.9 Å². The average molecular weight is 431 g/mol. The highest BCUT2D eigenvalue weighted by Crippen LogP contribution is 2.22. The van der Waals surface area contributed by atoms with Crippen molar-refractivity contribution in [3.05, 3.63) is 86.6 Å². The van der Waals surface area contributed by atoms with E-state index < -0.39 is 5.82 Å². The summed E-state index contributed by atoms with van der Waals surface area (Å²) in [4.78, 5) is 18.2. The summed E-state index contributed by atoms with van der Waals surface area (Å²) >= 11 is 7.61. The normalized spacial score (nSPS) is 11.0. The quantitative estimate of drug-likeness (QED) is 0.465. The van der Waals surface area contributed by atoms with E-state index in [1.807, 2.05) is 36.6 Å². The minimum Gasteiger partial charge on any atom is -0.487 e. The van der Waals surface area contributed by atoms with Crippen LogP contribution in [0.5, 0.6) is 5.75 Å². The number of likely N-dealkylation sites (N-methyl/N-ethyl adjacent to an activating group) is 1. The summed E-state index contributed by atoms with van der Waals surface area (Å²) in [7, 11) is 1.60. The molecule has 3 rings (SSSR count). The number of hydrogen-bond acceptors (Lipinski definition) is 4. The number of amides is 1. The van der Waals surface area contributed by atoms with Gasteiger partial charge in [-0.25, -0.2) is 9.37 Å². The molecule has 1 aromatic heterocycles. The van der Waals surface area contributed by atoms with E-state index in [1.165, 1.54) is 23.1 Å². The molecule has 0 fully saturated rings. The number of aryl methyl sites for hydroxylation is 1. The first-order valence-corrected chi connectivity index (χ1v) is 10.2. The van der Waals surface area contributed by atoms with E-state index in [1.54, 1.807) is 30.5 Å². The van der Waals surface area contributed by atoms with E-state index in [2.05, 4.69) is 4.98 Å². The van der Waals surface area contributed by atoms with E-state index in [4.69, 9.17) is 16.3 Å². The van der Waals surface area contributed by atoms with Crippen LogP contribution in [0.4, 0.5) is 4.39 Å². The van der Waals surface area contributed by atoms with Gasteiger partial charge in [-0.1, -0.05) is 35.9 Å².